The Balaban J connectivity index is 2.51. The minimum atomic E-state index is -0.864. The number of rotatable bonds is 6. The fourth-order valence-corrected chi connectivity index (χ4v) is 3.07. The Hall–Kier alpha value is -2.94. The molecule has 8 nitrogen and oxygen atoms in total. The van der Waals surface area contributed by atoms with Crippen LogP contribution in [0.2, 0.25) is 0 Å². The maximum absolute atomic E-state index is 11.9. The number of ether oxygens (including phenoxy) is 1. The summed E-state index contributed by atoms with van der Waals surface area (Å²) in [6, 6.07) is 11.0. The van der Waals surface area contributed by atoms with Crippen LogP contribution in [0.25, 0.3) is 0 Å². The van der Waals surface area contributed by atoms with Gasteiger partial charge in [0, 0.05) is 11.8 Å². The number of methoxy groups -OCH3 is 1. The smallest absolute Gasteiger partial charge is 0.339 e. The van der Waals surface area contributed by atoms with Crippen LogP contribution in [0.3, 0.4) is 0 Å². The van der Waals surface area contributed by atoms with Gasteiger partial charge in [0.25, 0.3) is 11.4 Å². The van der Waals surface area contributed by atoms with E-state index < -0.39 is 27.2 Å². The molecule has 24 heavy (non-hydrogen) atoms. The average molecular weight is 348 g/mol. The molecule has 2 aromatic rings. The Morgan fingerprint density at radius 2 is 1.79 bits per heavy atom. The number of hydrogen-bond acceptors (Lipinski definition) is 7. The molecule has 0 saturated carbocycles. The standard InChI is InChI=1S/C15H12N2O6S/c1-23-15(18)12-7-11(16(19)20)8-13(17(21)22)14(12)24-9-10-5-3-2-4-6-10/h2-8H,9H2,1H3. The fourth-order valence-electron chi connectivity index (χ4n) is 1.98. The number of nitro groups is 2. The molecule has 0 spiro atoms. The molecule has 0 heterocycles. The molecular formula is C15H12N2O6S. The summed E-state index contributed by atoms with van der Waals surface area (Å²) in [5.41, 5.74) is -0.331. The van der Waals surface area contributed by atoms with Crippen LogP contribution in [0.1, 0.15) is 15.9 Å². The molecule has 124 valence electrons. The second-order valence-electron chi connectivity index (χ2n) is 4.62. The second-order valence-corrected chi connectivity index (χ2v) is 5.61. The Kier molecular flexibility index (Phi) is 5.48. The van der Waals surface area contributed by atoms with E-state index in [1.807, 2.05) is 30.3 Å². The number of carbonyl (C=O) groups excluding carboxylic acids is 1. The molecule has 0 amide bonds. The summed E-state index contributed by atoms with van der Waals surface area (Å²) in [4.78, 5) is 32.7. The van der Waals surface area contributed by atoms with Gasteiger partial charge in [-0.1, -0.05) is 30.3 Å². The van der Waals surface area contributed by atoms with Gasteiger partial charge < -0.3 is 4.74 Å². The van der Waals surface area contributed by atoms with Crippen LogP contribution in [0, 0.1) is 20.2 Å². The maximum atomic E-state index is 11.9. The van der Waals surface area contributed by atoms with Gasteiger partial charge in [-0.3, -0.25) is 20.2 Å². The van der Waals surface area contributed by atoms with Crippen molar-refractivity contribution >= 4 is 29.1 Å². The van der Waals surface area contributed by atoms with Gasteiger partial charge in [-0.25, -0.2) is 4.79 Å². The van der Waals surface area contributed by atoms with Crippen LogP contribution in [0.15, 0.2) is 47.4 Å². The minimum absolute atomic E-state index is 0.0429. The van der Waals surface area contributed by atoms with Crippen molar-refractivity contribution in [2.45, 2.75) is 10.6 Å². The highest BCUT2D eigenvalue weighted by Gasteiger charge is 2.28. The Bertz CT molecular complexity index is 794. The first-order chi connectivity index (χ1) is 11.4. The van der Waals surface area contributed by atoms with E-state index in [4.69, 9.17) is 0 Å². The number of benzene rings is 2. The molecule has 0 aliphatic heterocycles. The number of carbonyl (C=O) groups is 1. The summed E-state index contributed by atoms with van der Waals surface area (Å²) in [7, 11) is 1.11. The number of nitrogens with zero attached hydrogens (tertiary/aromatic N) is 2. The zero-order chi connectivity index (χ0) is 17.7. The third-order valence-corrected chi connectivity index (χ3v) is 4.29. The van der Waals surface area contributed by atoms with Gasteiger partial charge in [0.15, 0.2) is 0 Å². The Morgan fingerprint density at radius 3 is 2.33 bits per heavy atom. The quantitative estimate of drug-likeness (QED) is 0.339. The van der Waals surface area contributed by atoms with Crippen molar-refractivity contribution < 1.29 is 19.4 Å². The largest absolute Gasteiger partial charge is 0.465 e. The maximum Gasteiger partial charge on any atom is 0.339 e. The van der Waals surface area contributed by atoms with Crippen molar-refractivity contribution in [1.82, 2.24) is 0 Å². The molecule has 0 atom stereocenters. The molecule has 9 heteroatoms. The molecule has 0 bridgehead atoms. The molecule has 0 aliphatic rings. The molecule has 2 aromatic carbocycles. The van der Waals surface area contributed by atoms with Crippen molar-refractivity contribution in [3.05, 3.63) is 73.8 Å². The highest BCUT2D eigenvalue weighted by Crippen LogP contribution is 2.38. The lowest BCUT2D eigenvalue weighted by atomic mass is 10.1. The van der Waals surface area contributed by atoms with Crippen molar-refractivity contribution in [2.24, 2.45) is 0 Å². The fraction of sp³-hybridized carbons (Fsp3) is 0.133. The molecule has 0 aromatic heterocycles. The van der Waals surface area contributed by atoms with E-state index in [-0.39, 0.29) is 10.5 Å². The van der Waals surface area contributed by atoms with Gasteiger partial charge in [-0.05, 0) is 5.56 Å². The van der Waals surface area contributed by atoms with Crippen LogP contribution in [-0.2, 0) is 10.5 Å². The van der Waals surface area contributed by atoms with E-state index in [0.717, 1.165) is 36.6 Å². The van der Waals surface area contributed by atoms with Crippen LogP contribution >= 0.6 is 11.8 Å². The first-order valence-corrected chi connectivity index (χ1v) is 7.64. The molecule has 0 saturated heterocycles. The second kappa shape index (κ2) is 7.55. The number of thioether (sulfide) groups is 1. The first kappa shape index (κ1) is 17.4. The van der Waals surface area contributed by atoms with Crippen LogP contribution < -0.4 is 0 Å². The lowest BCUT2D eigenvalue weighted by molar-refractivity contribution is -0.396. The van der Waals surface area contributed by atoms with E-state index in [0.29, 0.717) is 5.75 Å². The molecule has 0 aliphatic carbocycles. The minimum Gasteiger partial charge on any atom is -0.465 e. The number of hydrogen-bond donors (Lipinski definition) is 0. The molecule has 0 N–H and O–H groups in total. The van der Waals surface area contributed by atoms with E-state index in [2.05, 4.69) is 4.74 Å². The van der Waals surface area contributed by atoms with Gasteiger partial charge in [-0.2, -0.15) is 0 Å². The van der Waals surface area contributed by atoms with Gasteiger partial charge in [0.05, 0.1) is 28.6 Å². The number of non-ortho nitro benzene ring substituents is 1. The lowest BCUT2D eigenvalue weighted by Gasteiger charge is -2.08. The zero-order valence-corrected chi connectivity index (χ0v) is 13.3. The first-order valence-electron chi connectivity index (χ1n) is 6.66. The normalized spacial score (nSPS) is 10.2. The van der Waals surface area contributed by atoms with E-state index in [9.17, 15) is 25.0 Å². The van der Waals surface area contributed by atoms with E-state index >= 15 is 0 Å². The number of nitro benzene ring substituents is 2. The third-order valence-electron chi connectivity index (χ3n) is 3.09. The van der Waals surface area contributed by atoms with Crippen molar-refractivity contribution in [3.8, 4) is 0 Å². The van der Waals surface area contributed by atoms with E-state index in [1.165, 1.54) is 0 Å². The molecule has 2 rings (SSSR count). The SMILES string of the molecule is COC(=O)c1cc([N+](=O)[O-])cc([N+](=O)[O-])c1SCc1ccccc1. The predicted octanol–water partition coefficient (Wildman–Crippen LogP) is 3.58. The van der Waals surface area contributed by atoms with E-state index in [1.54, 1.807) is 0 Å². The summed E-state index contributed by atoms with van der Waals surface area (Å²) >= 11 is 1.05. The van der Waals surface area contributed by atoms with Crippen molar-refractivity contribution in [3.63, 3.8) is 0 Å². The molecule has 0 unspecified atom stereocenters. The van der Waals surface area contributed by atoms with Gasteiger partial charge in [0.2, 0.25) is 0 Å². The summed E-state index contributed by atoms with van der Waals surface area (Å²) in [6.07, 6.45) is 0. The molecule has 0 fully saturated rings. The molecule has 0 radical (unpaired) electrons. The Labute approximate surface area is 140 Å². The zero-order valence-electron chi connectivity index (χ0n) is 12.5. The topological polar surface area (TPSA) is 113 Å². The summed E-state index contributed by atoms with van der Waals surface area (Å²) in [5, 5.41) is 22.2. The third kappa shape index (κ3) is 3.87. The Morgan fingerprint density at radius 1 is 1.12 bits per heavy atom. The summed E-state index contributed by atoms with van der Waals surface area (Å²) in [5.74, 6) is -0.499. The average Bonchev–Trinajstić information content (AvgIpc) is 2.59. The van der Waals surface area contributed by atoms with Crippen LogP contribution in [-0.4, -0.2) is 22.9 Å². The molecular weight excluding hydrogens is 336 g/mol. The van der Waals surface area contributed by atoms with Crippen LogP contribution in [0.4, 0.5) is 11.4 Å². The highest BCUT2D eigenvalue weighted by molar-refractivity contribution is 7.98. The van der Waals surface area contributed by atoms with Crippen LogP contribution in [0.5, 0.6) is 0 Å². The van der Waals surface area contributed by atoms with Crippen molar-refractivity contribution in [1.29, 1.82) is 0 Å². The number of esters is 1. The van der Waals surface area contributed by atoms with Crippen molar-refractivity contribution in [2.75, 3.05) is 7.11 Å². The summed E-state index contributed by atoms with van der Waals surface area (Å²) in [6.45, 7) is 0. The predicted molar refractivity (Wildman–Crippen MR) is 87.1 cm³/mol. The highest BCUT2D eigenvalue weighted by atomic mass is 32.2. The van der Waals surface area contributed by atoms with Gasteiger partial charge >= 0.3 is 5.97 Å². The lowest BCUT2D eigenvalue weighted by Crippen LogP contribution is -2.07. The van der Waals surface area contributed by atoms with Gasteiger partial charge in [-0.15, -0.1) is 11.8 Å². The summed E-state index contributed by atoms with van der Waals surface area (Å²) < 4.78 is 4.60. The van der Waals surface area contributed by atoms with Gasteiger partial charge in [0.1, 0.15) is 4.90 Å². The monoisotopic (exact) mass is 348 g/mol.